The number of carbonyl (C=O) groups is 1. The molecule has 1 aromatic heterocycles. The van der Waals surface area contributed by atoms with Crippen molar-refractivity contribution < 1.29 is 9.53 Å². The maximum absolute atomic E-state index is 12.4. The molecular formula is C19H19N3O2S. The van der Waals surface area contributed by atoms with Crippen LogP contribution in [0.15, 0.2) is 59.8 Å². The molecule has 1 N–H and O–H groups in total. The zero-order valence-corrected chi connectivity index (χ0v) is 14.9. The Hall–Kier alpha value is -2.60. The van der Waals surface area contributed by atoms with E-state index in [1.165, 1.54) is 17.3 Å². The number of hydrogen-bond acceptors (Lipinski definition) is 5. The van der Waals surface area contributed by atoms with Gasteiger partial charge in [0.1, 0.15) is 5.25 Å². The van der Waals surface area contributed by atoms with Crippen LogP contribution in [0.5, 0.6) is 0 Å². The van der Waals surface area contributed by atoms with Gasteiger partial charge in [-0.1, -0.05) is 71.9 Å². The Balaban J connectivity index is 1.82. The zero-order valence-electron chi connectivity index (χ0n) is 14.1. The highest BCUT2D eigenvalue weighted by Crippen LogP contribution is 2.35. The number of nitrogens with zero attached hydrogens (tertiary/aromatic N) is 2. The monoisotopic (exact) mass is 353 g/mol. The van der Waals surface area contributed by atoms with Crippen LogP contribution < -0.4 is 0 Å². The molecule has 3 rings (SSSR count). The molecule has 6 heteroatoms. The van der Waals surface area contributed by atoms with E-state index in [0.29, 0.717) is 17.6 Å². The van der Waals surface area contributed by atoms with E-state index in [2.05, 4.69) is 15.2 Å². The van der Waals surface area contributed by atoms with E-state index in [0.717, 1.165) is 11.1 Å². The maximum atomic E-state index is 12.4. The summed E-state index contributed by atoms with van der Waals surface area (Å²) in [7, 11) is 0. The molecule has 0 aliphatic rings. The molecule has 1 heterocycles. The third kappa shape index (κ3) is 4.28. The normalized spacial score (nSPS) is 11.9. The average Bonchev–Trinajstić information content (AvgIpc) is 3.10. The fourth-order valence-electron chi connectivity index (χ4n) is 2.34. The minimum atomic E-state index is -0.497. The molecule has 2 aromatic carbocycles. The SMILES string of the molecule is CCOC(=O)[C@@H](Sc1n[nH]c(-c2ccc(C)cc2)n1)c1ccccc1. The minimum absolute atomic E-state index is 0.291. The van der Waals surface area contributed by atoms with Crippen LogP contribution in [0, 0.1) is 6.92 Å². The van der Waals surface area contributed by atoms with E-state index in [-0.39, 0.29) is 5.97 Å². The van der Waals surface area contributed by atoms with Gasteiger partial charge in [0.15, 0.2) is 5.82 Å². The van der Waals surface area contributed by atoms with Gasteiger partial charge in [-0.25, -0.2) is 4.98 Å². The number of carbonyl (C=O) groups excluding carboxylic acids is 1. The number of ether oxygens (including phenoxy) is 1. The molecule has 0 saturated carbocycles. The summed E-state index contributed by atoms with van der Waals surface area (Å²) in [5.41, 5.74) is 3.01. The van der Waals surface area contributed by atoms with Crippen molar-refractivity contribution in [3.05, 3.63) is 65.7 Å². The van der Waals surface area contributed by atoms with Crippen LogP contribution in [-0.2, 0) is 9.53 Å². The van der Waals surface area contributed by atoms with Gasteiger partial charge >= 0.3 is 5.97 Å². The Labute approximate surface area is 150 Å². The second-order valence-corrected chi connectivity index (χ2v) is 6.57. The summed E-state index contributed by atoms with van der Waals surface area (Å²) < 4.78 is 5.21. The van der Waals surface area contributed by atoms with Crippen LogP contribution in [0.3, 0.4) is 0 Å². The number of aryl methyl sites for hydroxylation is 1. The molecular weight excluding hydrogens is 334 g/mol. The Bertz CT molecular complexity index is 831. The lowest BCUT2D eigenvalue weighted by molar-refractivity contribution is -0.142. The number of aromatic nitrogens is 3. The molecule has 0 radical (unpaired) electrons. The Morgan fingerprint density at radius 2 is 1.88 bits per heavy atom. The fraction of sp³-hybridized carbons (Fsp3) is 0.211. The summed E-state index contributed by atoms with van der Waals surface area (Å²) in [4.78, 5) is 16.9. The van der Waals surface area contributed by atoms with Crippen LogP contribution >= 0.6 is 11.8 Å². The standard InChI is InChI=1S/C19H19N3O2S/c1-3-24-18(23)16(14-7-5-4-6-8-14)25-19-20-17(21-22-19)15-11-9-13(2)10-12-15/h4-12,16H,3H2,1-2H3,(H,20,21,22)/t16-/m0/s1. The molecule has 25 heavy (non-hydrogen) atoms. The second kappa shape index (κ2) is 7.98. The van der Waals surface area contributed by atoms with Gasteiger partial charge in [0.25, 0.3) is 0 Å². The number of rotatable bonds is 6. The summed E-state index contributed by atoms with van der Waals surface area (Å²) in [5.74, 6) is 0.388. The molecule has 0 aliphatic heterocycles. The molecule has 1 atom stereocenters. The highest BCUT2D eigenvalue weighted by molar-refractivity contribution is 8.00. The molecule has 0 bridgehead atoms. The maximum Gasteiger partial charge on any atom is 0.324 e. The number of benzene rings is 2. The van der Waals surface area contributed by atoms with Gasteiger partial charge in [0, 0.05) is 5.56 Å². The topological polar surface area (TPSA) is 67.9 Å². The van der Waals surface area contributed by atoms with Crippen molar-refractivity contribution in [1.29, 1.82) is 0 Å². The van der Waals surface area contributed by atoms with Crippen molar-refractivity contribution in [1.82, 2.24) is 15.2 Å². The molecule has 128 valence electrons. The summed E-state index contributed by atoms with van der Waals surface area (Å²) in [6, 6.07) is 17.6. The van der Waals surface area contributed by atoms with Crippen LogP contribution in [-0.4, -0.2) is 27.8 Å². The van der Waals surface area contributed by atoms with E-state index < -0.39 is 5.25 Å². The van der Waals surface area contributed by atoms with Gasteiger partial charge in [-0.2, -0.15) is 0 Å². The largest absolute Gasteiger partial charge is 0.465 e. The Kier molecular flexibility index (Phi) is 5.50. The van der Waals surface area contributed by atoms with Gasteiger partial charge < -0.3 is 4.74 Å². The summed E-state index contributed by atoms with van der Waals surface area (Å²) in [6.45, 7) is 4.17. The van der Waals surface area contributed by atoms with E-state index in [1.807, 2.05) is 61.5 Å². The highest BCUT2D eigenvalue weighted by atomic mass is 32.2. The fourth-order valence-corrected chi connectivity index (χ4v) is 3.25. The van der Waals surface area contributed by atoms with Crippen molar-refractivity contribution >= 4 is 17.7 Å². The van der Waals surface area contributed by atoms with Gasteiger partial charge in [0.05, 0.1) is 6.61 Å². The third-order valence-corrected chi connectivity index (χ3v) is 4.71. The second-order valence-electron chi connectivity index (χ2n) is 5.49. The summed E-state index contributed by atoms with van der Waals surface area (Å²) in [5, 5.41) is 7.19. The molecule has 0 unspecified atom stereocenters. The van der Waals surface area contributed by atoms with E-state index >= 15 is 0 Å². The molecule has 0 spiro atoms. The molecule has 0 aliphatic carbocycles. The van der Waals surface area contributed by atoms with Crippen LogP contribution in [0.25, 0.3) is 11.4 Å². The predicted octanol–water partition coefficient (Wildman–Crippen LogP) is 4.18. The van der Waals surface area contributed by atoms with E-state index in [4.69, 9.17) is 4.74 Å². The van der Waals surface area contributed by atoms with Crippen molar-refractivity contribution in [3.63, 3.8) is 0 Å². The highest BCUT2D eigenvalue weighted by Gasteiger charge is 2.25. The lowest BCUT2D eigenvalue weighted by atomic mass is 10.1. The van der Waals surface area contributed by atoms with Crippen LogP contribution in [0.1, 0.15) is 23.3 Å². The van der Waals surface area contributed by atoms with E-state index in [9.17, 15) is 4.79 Å². The first-order valence-corrected chi connectivity index (χ1v) is 8.93. The van der Waals surface area contributed by atoms with Crippen molar-refractivity contribution in [2.75, 3.05) is 6.61 Å². The van der Waals surface area contributed by atoms with Gasteiger partial charge in [-0.05, 0) is 19.4 Å². The average molecular weight is 353 g/mol. The van der Waals surface area contributed by atoms with Gasteiger partial charge in [-0.15, -0.1) is 5.10 Å². The number of thioether (sulfide) groups is 1. The first-order valence-electron chi connectivity index (χ1n) is 8.05. The number of hydrogen-bond donors (Lipinski definition) is 1. The Morgan fingerprint density at radius 3 is 2.56 bits per heavy atom. The number of aromatic amines is 1. The van der Waals surface area contributed by atoms with Gasteiger partial charge in [-0.3, -0.25) is 9.89 Å². The van der Waals surface area contributed by atoms with Crippen molar-refractivity contribution in [2.45, 2.75) is 24.3 Å². The van der Waals surface area contributed by atoms with Crippen LogP contribution in [0.4, 0.5) is 0 Å². The summed E-state index contributed by atoms with van der Waals surface area (Å²) >= 11 is 1.28. The van der Waals surface area contributed by atoms with Crippen LogP contribution in [0.2, 0.25) is 0 Å². The molecule has 5 nitrogen and oxygen atoms in total. The Morgan fingerprint density at radius 1 is 1.16 bits per heavy atom. The number of nitrogens with one attached hydrogen (secondary N) is 1. The molecule has 0 fully saturated rings. The number of H-pyrrole nitrogens is 1. The first-order chi connectivity index (χ1) is 12.2. The third-order valence-electron chi connectivity index (χ3n) is 3.62. The molecule has 0 saturated heterocycles. The van der Waals surface area contributed by atoms with E-state index in [1.54, 1.807) is 6.92 Å². The zero-order chi connectivity index (χ0) is 17.6. The lowest BCUT2D eigenvalue weighted by Gasteiger charge is -2.13. The quantitative estimate of drug-likeness (QED) is 0.532. The molecule has 3 aromatic rings. The first kappa shape index (κ1) is 17.2. The summed E-state index contributed by atoms with van der Waals surface area (Å²) in [6.07, 6.45) is 0. The lowest BCUT2D eigenvalue weighted by Crippen LogP contribution is -2.13. The van der Waals surface area contributed by atoms with Crippen molar-refractivity contribution in [3.8, 4) is 11.4 Å². The van der Waals surface area contributed by atoms with Gasteiger partial charge in [0.2, 0.25) is 5.16 Å². The van der Waals surface area contributed by atoms with Crippen molar-refractivity contribution in [2.24, 2.45) is 0 Å². The smallest absolute Gasteiger partial charge is 0.324 e. The number of esters is 1. The predicted molar refractivity (Wildman–Crippen MR) is 98.2 cm³/mol. The molecule has 0 amide bonds. The minimum Gasteiger partial charge on any atom is -0.465 e.